The summed E-state index contributed by atoms with van der Waals surface area (Å²) in [5.41, 5.74) is -1.92. The highest BCUT2D eigenvalue weighted by Crippen LogP contribution is 2.33. The van der Waals surface area contributed by atoms with E-state index in [0.717, 1.165) is 29.1 Å². The molecule has 3 aromatic rings. The van der Waals surface area contributed by atoms with Gasteiger partial charge in [-0.05, 0) is 24.3 Å². The van der Waals surface area contributed by atoms with Crippen molar-refractivity contribution in [2.24, 2.45) is 0 Å². The maximum Gasteiger partial charge on any atom is 0.418 e. The Kier molecular flexibility index (Phi) is 4.41. The van der Waals surface area contributed by atoms with Crippen molar-refractivity contribution < 1.29 is 26.7 Å². The van der Waals surface area contributed by atoms with Crippen molar-refractivity contribution in [1.29, 1.82) is 0 Å². The molecule has 0 aliphatic carbocycles. The van der Waals surface area contributed by atoms with Gasteiger partial charge in [-0.25, -0.2) is 13.5 Å². The monoisotopic (exact) mass is 368 g/mol. The molecule has 0 spiro atoms. The number of hydrogen-bond donors (Lipinski definition) is 1. The summed E-state index contributed by atoms with van der Waals surface area (Å²) in [7, 11) is 0. The summed E-state index contributed by atoms with van der Waals surface area (Å²) in [6.07, 6.45) is -3.65. The molecular formula is C16H9F5N4O. The molecule has 0 aliphatic heterocycles. The normalized spacial score (nSPS) is 11.4. The van der Waals surface area contributed by atoms with Gasteiger partial charge in [-0.2, -0.15) is 13.2 Å². The maximum absolute atomic E-state index is 13.6. The Bertz CT molecular complexity index is 967. The van der Waals surface area contributed by atoms with Gasteiger partial charge in [0.15, 0.2) is 5.69 Å². The summed E-state index contributed by atoms with van der Waals surface area (Å²) < 4.78 is 66.4. The van der Waals surface area contributed by atoms with Crippen molar-refractivity contribution in [3.05, 3.63) is 71.6 Å². The Balaban J connectivity index is 1.88. The lowest BCUT2D eigenvalue weighted by Crippen LogP contribution is -2.13. The number of alkyl halides is 3. The largest absolute Gasteiger partial charge is 0.418 e. The Morgan fingerprint density at radius 3 is 2.50 bits per heavy atom. The van der Waals surface area contributed by atoms with Crippen LogP contribution in [0.2, 0.25) is 0 Å². The van der Waals surface area contributed by atoms with Crippen molar-refractivity contribution in [2.75, 3.05) is 5.32 Å². The third kappa shape index (κ3) is 3.53. The summed E-state index contributed by atoms with van der Waals surface area (Å²) in [5.74, 6) is -2.74. The molecule has 26 heavy (non-hydrogen) atoms. The van der Waals surface area contributed by atoms with Gasteiger partial charge in [0.25, 0.3) is 5.91 Å². The Hall–Kier alpha value is -3.30. The van der Waals surface area contributed by atoms with Gasteiger partial charge in [-0.3, -0.25) is 4.79 Å². The predicted octanol–water partition coefficient (Wildman–Crippen LogP) is 3.82. The number of hydrogen-bond acceptors (Lipinski definition) is 3. The molecule has 0 fully saturated rings. The molecule has 5 nitrogen and oxygen atoms in total. The predicted molar refractivity (Wildman–Crippen MR) is 80.7 cm³/mol. The number of nitrogens with one attached hydrogen (secondary N) is 1. The van der Waals surface area contributed by atoms with Crippen molar-refractivity contribution in [2.45, 2.75) is 6.18 Å². The van der Waals surface area contributed by atoms with Crippen molar-refractivity contribution in [3.8, 4) is 5.69 Å². The van der Waals surface area contributed by atoms with Crippen LogP contribution in [0.25, 0.3) is 5.69 Å². The average molecular weight is 368 g/mol. The van der Waals surface area contributed by atoms with E-state index in [1.807, 2.05) is 0 Å². The van der Waals surface area contributed by atoms with Crippen LogP contribution in [-0.4, -0.2) is 20.9 Å². The first-order chi connectivity index (χ1) is 12.3. The zero-order valence-electron chi connectivity index (χ0n) is 12.8. The molecule has 2 aromatic carbocycles. The highest BCUT2D eigenvalue weighted by Gasteiger charge is 2.34. The van der Waals surface area contributed by atoms with Crippen LogP contribution in [0.5, 0.6) is 0 Å². The quantitative estimate of drug-likeness (QED) is 0.715. The van der Waals surface area contributed by atoms with Gasteiger partial charge in [0.1, 0.15) is 11.6 Å². The number of carbonyl (C=O) groups excluding carboxylic acids is 1. The molecule has 0 radical (unpaired) electrons. The van der Waals surface area contributed by atoms with Gasteiger partial charge in [0.05, 0.1) is 23.1 Å². The third-order valence-electron chi connectivity index (χ3n) is 3.36. The minimum atomic E-state index is -4.62. The fourth-order valence-electron chi connectivity index (χ4n) is 2.18. The molecule has 0 saturated heterocycles. The molecule has 3 rings (SSSR count). The number of benzene rings is 2. The first kappa shape index (κ1) is 17.5. The second-order valence-corrected chi connectivity index (χ2v) is 5.14. The van der Waals surface area contributed by atoms with E-state index in [9.17, 15) is 26.7 Å². The van der Waals surface area contributed by atoms with E-state index in [4.69, 9.17) is 0 Å². The van der Waals surface area contributed by atoms with Gasteiger partial charge in [0.2, 0.25) is 0 Å². The number of amides is 1. The number of aromatic nitrogens is 3. The van der Waals surface area contributed by atoms with Crippen LogP contribution in [0.4, 0.5) is 27.6 Å². The molecule has 1 heterocycles. The first-order valence-corrected chi connectivity index (χ1v) is 7.11. The minimum Gasteiger partial charge on any atom is -0.318 e. The highest BCUT2D eigenvalue weighted by molar-refractivity contribution is 6.02. The van der Waals surface area contributed by atoms with Crippen molar-refractivity contribution >= 4 is 11.6 Å². The summed E-state index contributed by atoms with van der Waals surface area (Å²) in [6, 6.07) is 7.14. The Morgan fingerprint density at radius 2 is 1.81 bits per heavy atom. The van der Waals surface area contributed by atoms with E-state index in [1.165, 1.54) is 18.2 Å². The van der Waals surface area contributed by atoms with E-state index >= 15 is 0 Å². The second kappa shape index (κ2) is 6.54. The molecule has 0 atom stereocenters. The van der Waals surface area contributed by atoms with Gasteiger partial charge in [0, 0.05) is 6.07 Å². The van der Waals surface area contributed by atoms with E-state index in [1.54, 1.807) is 0 Å². The number of carbonyl (C=O) groups is 1. The molecule has 1 aromatic heterocycles. The van der Waals surface area contributed by atoms with Crippen LogP contribution in [0, 0.1) is 11.6 Å². The lowest BCUT2D eigenvalue weighted by Gasteiger charge is -2.11. The van der Waals surface area contributed by atoms with Crippen LogP contribution in [0.1, 0.15) is 16.1 Å². The third-order valence-corrected chi connectivity index (χ3v) is 3.36. The van der Waals surface area contributed by atoms with Crippen LogP contribution in [0.3, 0.4) is 0 Å². The van der Waals surface area contributed by atoms with Crippen LogP contribution < -0.4 is 5.32 Å². The van der Waals surface area contributed by atoms with Crippen LogP contribution >= 0.6 is 0 Å². The molecule has 0 bridgehead atoms. The second-order valence-electron chi connectivity index (χ2n) is 5.14. The lowest BCUT2D eigenvalue weighted by molar-refractivity contribution is -0.137. The van der Waals surface area contributed by atoms with Crippen molar-refractivity contribution in [1.82, 2.24) is 15.0 Å². The number of anilines is 1. The SMILES string of the molecule is O=C(Nc1ccc(F)cc1F)c1cn(-c2ccccc2C(F)(F)F)nn1. The van der Waals surface area contributed by atoms with Gasteiger partial charge in [-0.15, -0.1) is 5.10 Å². The fraction of sp³-hybridized carbons (Fsp3) is 0.0625. The maximum atomic E-state index is 13.6. The summed E-state index contributed by atoms with van der Waals surface area (Å²) in [6.45, 7) is 0. The topological polar surface area (TPSA) is 59.8 Å². The Labute approximate surface area is 143 Å². The van der Waals surface area contributed by atoms with E-state index < -0.39 is 29.3 Å². The van der Waals surface area contributed by atoms with E-state index in [2.05, 4.69) is 15.6 Å². The average Bonchev–Trinajstić information content (AvgIpc) is 3.06. The molecule has 1 N–H and O–H groups in total. The molecule has 10 heteroatoms. The zero-order chi connectivity index (χ0) is 18.9. The van der Waals surface area contributed by atoms with Gasteiger partial charge in [-0.1, -0.05) is 17.3 Å². The molecule has 0 saturated carbocycles. The summed E-state index contributed by atoms with van der Waals surface area (Å²) in [4.78, 5) is 12.1. The van der Waals surface area contributed by atoms with Crippen molar-refractivity contribution in [3.63, 3.8) is 0 Å². The lowest BCUT2D eigenvalue weighted by atomic mass is 10.1. The molecule has 0 aliphatic rings. The zero-order valence-corrected chi connectivity index (χ0v) is 12.8. The van der Waals surface area contributed by atoms with E-state index in [0.29, 0.717) is 6.07 Å². The van der Waals surface area contributed by atoms with E-state index in [-0.39, 0.29) is 17.1 Å². The number of nitrogens with zero attached hydrogens (tertiary/aromatic N) is 3. The molecule has 1 amide bonds. The molecule has 0 unspecified atom stereocenters. The molecular weight excluding hydrogens is 359 g/mol. The van der Waals surface area contributed by atoms with Crippen LogP contribution in [-0.2, 0) is 6.18 Å². The highest BCUT2D eigenvalue weighted by atomic mass is 19.4. The summed E-state index contributed by atoms with van der Waals surface area (Å²) in [5, 5.41) is 9.15. The van der Waals surface area contributed by atoms with Gasteiger partial charge < -0.3 is 5.32 Å². The number of halogens is 5. The number of para-hydroxylation sites is 1. The smallest absolute Gasteiger partial charge is 0.318 e. The van der Waals surface area contributed by atoms with Gasteiger partial charge >= 0.3 is 6.18 Å². The molecule has 134 valence electrons. The summed E-state index contributed by atoms with van der Waals surface area (Å²) >= 11 is 0. The fourth-order valence-corrected chi connectivity index (χ4v) is 2.18. The first-order valence-electron chi connectivity index (χ1n) is 7.11. The number of rotatable bonds is 3. The Morgan fingerprint density at radius 1 is 1.08 bits per heavy atom. The standard InChI is InChI=1S/C16H9F5N4O/c17-9-5-6-12(11(18)7-9)22-15(26)13-8-25(24-23-13)14-4-2-1-3-10(14)16(19,20)21/h1-8H,(H,22,26). The minimum absolute atomic E-state index is 0.304. The van der Waals surface area contributed by atoms with Crippen LogP contribution in [0.15, 0.2) is 48.7 Å².